The van der Waals surface area contributed by atoms with Crippen LogP contribution in [0.1, 0.15) is 33.0 Å². The largest absolute Gasteiger partial charge is 0.502 e. The molecule has 0 aliphatic rings. The third-order valence-corrected chi connectivity index (χ3v) is 5.32. The molecule has 4 rings (SSSR count). The number of carbonyl (C=O) groups excluding carboxylic acids is 2. The molecule has 0 spiro atoms. The van der Waals surface area contributed by atoms with Gasteiger partial charge in [-0.1, -0.05) is 41.6 Å². The quantitative estimate of drug-likeness (QED) is 0.361. The van der Waals surface area contributed by atoms with Crippen LogP contribution < -0.4 is 10.9 Å². The smallest absolute Gasteiger partial charge is 0.295 e. The van der Waals surface area contributed by atoms with Crippen LogP contribution in [0.4, 0.5) is 5.69 Å². The minimum absolute atomic E-state index is 0.0860. The number of benzene rings is 2. The van der Waals surface area contributed by atoms with Crippen LogP contribution in [0.5, 0.6) is 5.75 Å². The van der Waals surface area contributed by atoms with Gasteiger partial charge in [-0.2, -0.15) is 5.26 Å². The SMILES string of the molecule is CN(C)C(=O)c1cccc(C#N)c1.Cc1nc(CCc2ccccc2)n(C)c(=O)c1O.O=CNc1cnoc1. The van der Waals surface area contributed by atoms with Gasteiger partial charge >= 0.3 is 0 Å². The first-order chi connectivity index (χ1) is 18.7. The molecule has 11 nitrogen and oxygen atoms in total. The standard InChI is InChI=1S/C14H16N2O2.C10H10N2O.C4H4N2O2/c1-10-13(17)14(18)16(2)12(15-10)9-8-11-6-4-3-5-7-11;1-12(2)10(13)9-5-3-4-8(6-9)7-11;7-3-5-4-1-6-8-2-4/h3-7,17H,8-9H2,1-2H3;3-6H,1-2H3;1-3H,(H,5,7). The maximum absolute atomic E-state index is 11.7. The second-order valence-electron chi connectivity index (χ2n) is 8.38. The van der Waals surface area contributed by atoms with Crippen molar-refractivity contribution in [2.75, 3.05) is 19.4 Å². The zero-order valence-corrected chi connectivity index (χ0v) is 22.2. The molecule has 4 aromatic rings. The molecule has 0 atom stereocenters. The fourth-order valence-corrected chi connectivity index (χ4v) is 3.20. The second kappa shape index (κ2) is 15.1. The lowest BCUT2D eigenvalue weighted by Crippen LogP contribution is -2.23. The Kier molecular flexibility index (Phi) is 11.6. The zero-order valence-electron chi connectivity index (χ0n) is 22.2. The number of nitrogens with zero attached hydrogens (tertiary/aromatic N) is 5. The molecule has 39 heavy (non-hydrogen) atoms. The normalized spacial score (nSPS) is 9.62. The Bertz CT molecular complexity index is 1460. The molecule has 2 heterocycles. The van der Waals surface area contributed by atoms with Crippen molar-refractivity contribution in [3.63, 3.8) is 0 Å². The van der Waals surface area contributed by atoms with E-state index in [1.54, 1.807) is 52.3 Å². The molecule has 202 valence electrons. The molecule has 0 radical (unpaired) electrons. The van der Waals surface area contributed by atoms with Crippen molar-refractivity contribution < 1.29 is 19.2 Å². The first-order valence-corrected chi connectivity index (χ1v) is 11.8. The summed E-state index contributed by atoms with van der Waals surface area (Å²) in [6.07, 6.45) is 4.82. The van der Waals surface area contributed by atoms with Gasteiger partial charge in [0.05, 0.1) is 23.5 Å². The molecule has 2 N–H and O–H groups in total. The minimum Gasteiger partial charge on any atom is -0.502 e. The summed E-state index contributed by atoms with van der Waals surface area (Å²) in [6, 6.07) is 18.7. The van der Waals surface area contributed by atoms with Crippen molar-refractivity contribution in [1.82, 2.24) is 19.6 Å². The second-order valence-corrected chi connectivity index (χ2v) is 8.38. The minimum atomic E-state index is -0.384. The maximum Gasteiger partial charge on any atom is 0.295 e. The van der Waals surface area contributed by atoms with Crippen LogP contribution in [-0.4, -0.2) is 51.1 Å². The number of aromatic hydroxyl groups is 1. The van der Waals surface area contributed by atoms with Gasteiger partial charge in [-0.05, 0) is 37.1 Å². The van der Waals surface area contributed by atoms with Gasteiger partial charge in [0.15, 0.2) is 0 Å². The molecule has 0 aliphatic carbocycles. The molecule has 2 aromatic carbocycles. The van der Waals surface area contributed by atoms with Gasteiger partial charge in [-0.15, -0.1) is 0 Å². The van der Waals surface area contributed by atoms with Crippen molar-refractivity contribution in [2.45, 2.75) is 19.8 Å². The summed E-state index contributed by atoms with van der Waals surface area (Å²) >= 11 is 0. The molecule has 0 bridgehead atoms. The summed E-state index contributed by atoms with van der Waals surface area (Å²) in [6.45, 7) is 1.64. The van der Waals surface area contributed by atoms with Crippen LogP contribution >= 0.6 is 0 Å². The summed E-state index contributed by atoms with van der Waals surface area (Å²) in [4.78, 5) is 38.6. The van der Waals surface area contributed by atoms with Gasteiger partial charge in [0.25, 0.3) is 11.5 Å². The highest BCUT2D eigenvalue weighted by Gasteiger charge is 2.10. The lowest BCUT2D eigenvalue weighted by molar-refractivity contribution is -0.105. The van der Waals surface area contributed by atoms with Gasteiger partial charge in [-0.25, -0.2) is 4.98 Å². The maximum atomic E-state index is 11.7. The number of hydrogen-bond donors (Lipinski definition) is 2. The first-order valence-electron chi connectivity index (χ1n) is 11.8. The van der Waals surface area contributed by atoms with Crippen LogP contribution in [0.15, 0.2) is 76.4 Å². The lowest BCUT2D eigenvalue weighted by atomic mass is 10.1. The van der Waals surface area contributed by atoms with E-state index in [-0.39, 0.29) is 17.2 Å². The third kappa shape index (κ3) is 9.29. The van der Waals surface area contributed by atoms with Crippen LogP contribution in [0.2, 0.25) is 0 Å². The molecule has 11 heteroatoms. The topological polar surface area (TPSA) is 154 Å². The lowest BCUT2D eigenvalue weighted by Gasteiger charge is -2.09. The number of anilines is 1. The number of nitriles is 1. The van der Waals surface area contributed by atoms with E-state index in [9.17, 15) is 19.5 Å². The van der Waals surface area contributed by atoms with E-state index >= 15 is 0 Å². The van der Waals surface area contributed by atoms with Crippen LogP contribution in [0, 0.1) is 18.3 Å². The van der Waals surface area contributed by atoms with E-state index in [1.165, 1.54) is 27.5 Å². The summed E-state index contributed by atoms with van der Waals surface area (Å²) in [5.41, 5.74) is 2.83. The average molecular weight is 531 g/mol. The molecule has 0 aliphatic heterocycles. The van der Waals surface area contributed by atoms with Gasteiger partial charge < -0.3 is 19.8 Å². The van der Waals surface area contributed by atoms with E-state index < -0.39 is 0 Å². The van der Waals surface area contributed by atoms with Crippen LogP contribution in [0.25, 0.3) is 0 Å². The number of aromatic nitrogens is 3. The number of nitrogens with one attached hydrogen (secondary N) is 1. The molecule has 2 aromatic heterocycles. The Morgan fingerprint density at radius 1 is 1.18 bits per heavy atom. The Morgan fingerprint density at radius 2 is 1.90 bits per heavy atom. The number of rotatable bonds is 6. The molecule has 0 fully saturated rings. The molecule has 0 saturated heterocycles. The highest BCUT2D eigenvalue weighted by molar-refractivity contribution is 5.94. The van der Waals surface area contributed by atoms with Gasteiger partial charge in [0, 0.05) is 33.1 Å². The first kappa shape index (κ1) is 30.0. The number of amides is 2. The van der Waals surface area contributed by atoms with E-state index in [0.29, 0.717) is 41.2 Å². The van der Waals surface area contributed by atoms with E-state index in [1.807, 2.05) is 36.4 Å². The summed E-state index contributed by atoms with van der Waals surface area (Å²) in [7, 11) is 5.00. The van der Waals surface area contributed by atoms with Crippen molar-refractivity contribution in [2.24, 2.45) is 7.05 Å². The average Bonchev–Trinajstić information content (AvgIpc) is 3.47. The van der Waals surface area contributed by atoms with Crippen LogP contribution in [-0.2, 0) is 24.7 Å². The van der Waals surface area contributed by atoms with Crippen LogP contribution in [0.3, 0.4) is 0 Å². The van der Waals surface area contributed by atoms with E-state index in [4.69, 9.17) is 5.26 Å². The van der Waals surface area contributed by atoms with E-state index in [0.717, 1.165) is 6.42 Å². The van der Waals surface area contributed by atoms with Crippen molar-refractivity contribution in [3.05, 3.63) is 106 Å². The number of hydrogen-bond acceptors (Lipinski definition) is 8. The predicted octanol–water partition coefficient (Wildman–Crippen LogP) is 3.08. The Labute approximate surface area is 225 Å². The Morgan fingerprint density at radius 3 is 2.49 bits per heavy atom. The monoisotopic (exact) mass is 530 g/mol. The molecule has 0 unspecified atom stereocenters. The van der Waals surface area contributed by atoms with Gasteiger partial charge in [0.2, 0.25) is 12.2 Å². The predicted molar refractivity (Wildman–Crippen MR) is 145 cm³/mol. The molecular weight excluding hydrogens is 500 g/mol. The highest BCUT2D eigenvalue weighted by atomic mass is 16.5. The van der Waals surface area contributed by atoms with Crippen molar-refractivity contribution >= 4 is 18.0 Å². The fraction of sp³-hybridized carbons (Fsp3) is 0.214. The summed E-state index contributed by atoms with van der Waals surface area (Å²) < 4.78 is 5.80. The zero-order chi connectivity index (χ0) is 28.8. The van der Waals surface area contributed by atoms with E-state index in [2.05, 4.69) is 20.0 Å². The number of carbonyl (C=O) groups is 2. The van der Waals surface area contributed by atoms with Crippen molar-refractivity contribution in [1.29, 1.82) is 5.26 Å². The highest BCUT2D eigenvalue weighted by Crippen LogP contribution is 2.10. The molecule has 2 amide bonds. The molecule has 0 saturated carbocycles. The number of aryl methyl sites for hydroxylation is 3. The Hall–Kier alpha value is -5.24. The summed E-state index contributed by atoms with van der Waals surface area (Å²) in [5, 5.41) is 23.8. The fourth-order valence-electron chi connectivity index (χ4n) is 3.20. The summed E-state index contributed by atoms with van der Waals surface area (Å²) in [5.74, 6) is 0.345. The third-order valence-electron chi connectivity index (χ3n) is 5.32. The van der Waals surface area contributed by atoms with Crippen molar-refractivity contribution in [3.8, 4) is 11.8 Å². The van der Waals surface area contributed by atoms with Gasteiger partial charge in [0.1, 0.15) is 17.8 Å². The Balaban J connectivity index is 0.000000222. The molecular formula is C28H30N6O5. The van der Waals surface area contributed by atoms with Gasteiger partial charge in [-0.3, -0.25) is 19.0 Å².